The predicted octanol–water partition coefficient (Wildman–Crippen LogP) is 1.96. The zero-order valence-electron chi connectivity index (χ0n) is 9.49. The third-order valence-corrected chi connectivity index (χ3v) is 1.89. The summed E-state index contributed by atoms with van der Waals surface area (Å²) >= 11 is 0. The highest BCUT2D eigenvalue weighted by Crippen LogP contribution is 1.99. The quantitative estimate of drug-likeness (QED) is 0.406. The van der Waals surface area contributed by atoms with Gasteiger partial charge in [-0.15, -0.1) is 0 Å². The SMILES string of the molecule is CC=C(C)C(=O)OCOC(=O)C(C)=CC. The van der Waals surface area contributed by atoms with Gasteiger partial charge in [-0.05, 0) is 27.7 Å². The second-order valence-electron chi connectivity index (χ2n) is 2.92. The first-order chi connectivity index (χ1) is 7.02. The van der Waals surface area contributed by atoms with Crippen molar-refractivity contribution < 1.29 is 19.1 Å². The van der Waals surface area contributed by atoms with Gasteiger partial charge in [0, 0.05) is 11.1 Å². The molecule has 0 radical (unpaired) electrons. The van der Waals surface area contributed by atoms with E-state index < -0.39 is 11.9 Å². The molecule has 84 valence electrons. The van der Waals surface area contributed by atoms with Crippen LogP contribution in [0, 0.1) is 0 Å². The standard InChI is InChI=1S/C11H16O4/c1-5-8(3)10(12)14-7-15-11(13)9(4)6-2/h5-6H,7H2,1-4H3. The highest BCUT2D eigenvalue weighted by Gasteiger charge is 2.07. The predicted molar refractivity (Wildman–Crippen MR) is 55.9 cm³/mol. The number of hydrogen-bond acceptors (Lipinski definition) is 4. The molecule has 4 nitrogen and oxygen atoms in total. The van der Waals surface area contributed by atoms with E-state index in [0.29, 0.717) is 11.1 Å². The summed E-state index contributed by atoms with van der Waals surface area (Å²) in [4.78, 5) is 22.2. The Bertz CT molecular complexity index is 270. The van der Waals surface area contributed by atoms with Gasteiger partial charge < -0.3 is 9.47 Å². The van der Waals surface area contributed by atoms with Crippen LogP contribution in [0.4, 0.5) is 0 Å². The van der Waals surface area contributed by atoms with E-state index in [4.69, 9.17) is 0 Å². The molecule has 0 aromatic carbocycles. The fourth-order valence-corrected chi connectivity index (χ4v) is 0.600. The van der Waals surface area contributed by atoms with Crippen LogP contribution in [0.2, 0.25) is 0 Å². The molecular weight excluding hydrogens is 196 g/mol. The van der Waals surface area contributed by atoms with Gasteiger partial charge >= 0.3 is 11.9 Å². The lowest BCUT2D eigenvalue weighted by atomic mass is 10.3. The lowest BCUT2D eigenvalue weighted by molar-refractivity contribution is -0.161. The van der Waals surface area contributed by atoms with Gasteiger partial charge in [-0.2, -0.15) is 0 Å². The summed E-state index contributed by atoms with van der Waals surface area (Å²) in [6.07, 6.45) is 3.25. The summed E-state index contributed by atoms with van der Waals surface area (Å²) in [5.41, 5.74) is 0.961. The molecule has 0 aliphatic rings. The number of allylic oxidation sites excluding steroid dienone is 2. The molecule has 0 heterocycles. The summed E-state index contributed by atoms with van der Waals surface area (Å²) in [6.45, 7) is 6.36. The van der Waals surface area contributed by atoms with Crippen LogP contribution in [-0.2, 0) is 19.1 Å². The second kappa shape index (κ2) is 6.81. The Morgan fingerprint density at radius 1 is 0.933 bits per heavy atom. The number of carbonyl (C=O) groups excluding carboxylic acids is 2. The van der Waals surface area contributed by atoms with Crippen LogP contribution in [-0.4, -0.2) is 18.7 Å². The summed E-state index contributed by atoms with van der Waals surface area (Å²) in [5.74, 6) is -0.966. The highest BCUT2D eigenvalue weighted by atomic mass is 16.7. The van der Waals surface area contributed by atoms with Crippen molar-refractivity contribution in [2.75, 3.05) is 6.79 Å². The molecule has 0 spiro atoms. The molecule has 15 heavy (non-hydrogen) atoms. The van der Waals surface area contributed by atoms with Crippen molar-refractivity contribution in [3.05, 3.63) is 23.3 Å². The molecular formula is C11H16O4. The average molecular weight is 212 g/mol. The third-order valence-electron chi connectivity index (χ3n) is 1.89. The topological polar surface area (TPSA) is 52.6 Å². The Kier molecular flexibility index (Phi) is 6.09. The molecule has 0 aliphatic carbocycles. The van der Waals surface area contributed by atoms with E-state index >= 15 is 0 Å². The maximum absolute atomic E-state index is 11.1. The van der Waals surface area contributed by atoms with E-state index in [9.17, 15) is 9.59 Å². The van der Waals surface area contributed by atoms with E-state index in [1.54, 1.807) is 39.8 Å². The monoisotopic (exact) mass is 212 g/mol. The summed E-state index contributed by atoms with van der Waals surface area (Å²) < 4.78 is 9.37. The molecule has 4 heteroatoms. The zero-order chi connectivity index (χ0) is 11.8. The van der Waals surface area contributed by atoms with Crippen LogP contribution in [0.25, 0.3) is 0 Å². The Balaban J connectivity index is 3.91. The van der Waals surface area contributed by atoms with Crippen molar-refractivity contribution in [2.45, 2.75) is 27.7 Å². The van der Waals surface area contributed by atoms with Crippen LogP contribution in [0.15, 0.2) is 23.3 Å². The number of rotatable bonds is 4. The first-order valence-corrected chi connectivity index (χ1v) is 4.63. The fourth-order valence-electron chi connectivity index (χ4n) is 0.600. The maximum Gasteiger partial charge on any atom is 0.336 e. The van der Waals surface area contributed by atoms with Gasteiger partial charge in [0.1, 0.15) is 0 Å². The van der Waals surface area contributed by atoms with Crippen molar-refractivity contribution in [1.82, 2.24) is 0 Å². The number of hydrogen-bond donors (Lipinski definition) is 0. The highest BCUT2D eigenvalue weighted by molar-refractivity contribution is 5.88. The zero-order valence-corrected chi connectivity index (χ0v) is 9.49. The smallest absolute Gasteiger partial charge is 0.336 e. The summed E-state index contributed by atoms with van der Waals surface area (Å²) in [5, 5.41) is 0. The molecule has 0 saturated heterocycles. The Labute approximate surface area is 89.6 Å². The van der Waals surface area contributed by atoms with Crippen LogP contribution < -0.4 is 0 Å². The molecule has 0 N–H and O–H groups in total. The van der Waals surface area contributed by atoms with Gasteiger partial charge in [0.2, 0.25) is 6.79 Å². The van der Waals surface area contributed by atoms with E-state index in [1.807, 2.05) is 0 Å². The van der Waals surface area contributed by atoms with Crippen molar-refractivity contribution in [3.8, 4) is 0 Å². The first-order valence-electron chi connectivity index (χ1n) is 4.63. The third kappa shape index (κ3) is 5.00. The lowest BCUT2D eigenvalue weighted by Crippen LogP contribution is -2.13. The van der Waals surface area contributed by atoms with Crippen LogP contribution >= 0.6 is 0 Å². The normalized spacial score (nSPS) is 12.3. The molecule has 0 aliphatic heterocycles. The first kappa shape index (κ1) is 13.4. The van der Waals surface area contributed by atoms with E-state index in [0.717, 1.165) is 0 Å². The Hall–Kier alpha value is -1.58. The minimum atomic E-state index is -0.483. The maximum atomic E-state index is 11.1. The number of ether oxygens (including phenoxy) is 2. The number of carbonyl (C=O) groups is 2. The average Bonchev–Trinajstić information content (AvgIpc) is 2.26. The van der Waals surface area contributed by atoms with Crippen LogP contribution in [0.5, 0.6) is 0 Å². The molecule has 0 saturated carbocycles. The Morgan fingerprint density at radius 2 is 1.27 bits per heavy atom. The van der Waals surface area contributed by atoms with Crippen LogP contribution in [0.3, 0.4) is 0 Å². The largest absolute Gasteiger partial charge is 0.424 e. The fraction of sp³-hybridized carbons (Fsp3) is 0.455. The Morgan fingerprint density at radius 3 is 1.53 bits per heavy atom. The van der Waals surface area contributed by atoms with E-state index in [2.05, 4.69) is 9.47 Å². The van der Waals surface area contributed by atoms with Gasteiger partial charge in [0.05, 0.1) is 0 Å². The van der Waals surface area contributed by atoms with Crippen molar-refractivity contribution in [3.63, 3.8) is 0 Å². The molecule has 0 fully saturated rings. The van der Waals surface area contributed by atoms with E-state index in [1.165, 1.54) is 0 Å². The molecule has 0 rings (SSSR count). The summed E-state index contributed by atoms with van der Waals surface area (Å²) in [7, 11) is 0. The molecule has 0 unspecified atom stereocenters. The molecule has 0 bridgehead atoms. The molecule has 0 aromatic rings. The summed E-state index contributed by atoms with van der Waals surface area (Å²) in [6, 6.07) is 0. The molecule has 0 aromatic heterocycles. The minimum absolute atomic E-state index is 0.353. The van der Waals surface area contributed by atoms with Gasteiger partial charge in [-0.1, -0.05) is 12.2 Å². The van der Waals surface area contributed by atoms with Crippen LogP contribution in [0.1, 0.15) is 27.7 Å². The van der Waals surface area contributed by atoms with Gasteiger partial charge in [-0.3, -0.25) is 0 Å². The second-order valence-corrected chi connectivity index (χ2v) is 2.92. The van der Waals surface area contributed by atoms with E-state index in [-0.39, 0.29) is 6.79 Å². The molecule has 0 atom stereocenters. The van der Waals surface area contributed by atoms with Gasteiger partial charge in [-0.25, -0.2) is 9.59 Å². The van der Waals surface area contributed by atoms with Gasteiger partial charge in [0.25, 0.3) is 0 Å². The minimum Gasteiger partial charge on any atom is -0.424 e. The van der Waals surface area contributed by atoms with Crippen molar-refractivity contribution in [2.24, 2.45) is 0 Å². The number of esters is 2. The van der Waals surface area contributed by atoms with Crippen molar-refractivity contribution >= 4 is 11.9 Å². The molecule has 0 amide bonds. The van der Waals surface area contributed by atoms with Crippen molar-refractivity contribution in [1.29, 1.82) is 0 Å². The van der Waals surface area contributed by atoms with Gasteiger partial charge in [0.15, 0.2) is 0 Å². The lowest BCUT2D eigenvalue weighted by Gasteiger charge is -2.05.